The molecule has 0 atom stereocenters. The normalized spacial score (nSPS) is 10.4. The molecular formula is C36H24IrN9. The first-order valence-electron chi connectivity index (χ1n) is 14.2. The molecule has 6 heterocycles. The van der Waals surface area contributed by atoms with Crippen LogP contribution in [0.5, 0.6) is 0 Å². The van der Waals surface area contributed by atoms with Gasteiger partial charge in [0, 0.05) is 18.6 Å². The summed E-state index contributed by atoms with van der Waals surface area (Å²) in [7, 11) is 0. The average molecular weight is 775 g/mol. The summed E-state index contributed by atoms with van der Waals surface area (Å²) in [5.74, 6) is 2.07. The van der Waals surface area contributed by atoms with Gasteiger partial charge in [-0.1, -0.05) is 91.0 Å². The number of aromatic nitrogens is 9. The first kappa shape index (κ1) is 30.2. The van der Waals surface area contributed by atoms with Crippen LogP contribution < -0.4 is 15.0 Å². The molecule has 9 rings (SSSR count). The molecular weight excluding hydrogens is 751 g/mol. The molecule has 9 nitrogen and oxygen atoms in total. The molecule has 0 radical (unpaired) electrons. The zero-order chi connectivity index (χ0) is 30.3. The molecule has 46 heavy (non-hydrogen) atoms. The molecule has 6 aromatic heterocycles. The van der Waals surface area contributed by atoms with Gasteiger partial charge in [0.1, 0.15) is 0 Å². The number of fused-ring (bicyclic) bond motifs is 3. The van der Waals surface area contributed by atoms with Crippen molar-refractivity contribution in [1.29, 1.82) is 0 Å². The second-order valence-corrected chi connectivity index (χ2v) is 9.75. The average Bonchev–Trinajstić information content (AvgIpc) is 3.87. The Morgan fingerprint density at radius 2 is 0.609 bits per heavy atom. The van der Waals surface area contributed by atoms with Gasteiger partial charge >= 0.3 is 20.1 Å². The van der Waals surface area contributed by atoms with E-state index >= 15 is 0 Å². The molecule has 0 saturated heterocycles. The summed E-state index contributed by atoms with van der Waals surface area (Å²) in [5.41, 5.74) is 7.93. The molecule has 0 saturated carbocycles. The largest absolute Gasteiger partial charge is 3.00 e. The van der Waals surface area contributed by atoms with E-state index in [4.69, 9.17) is 0 Å². The van der Waals surface area contributed by atoms with Crippen LogP contribution in [-0.4, -0.2) is 29.9 Å². The zero-order valence-electron chi connectivity index (χ0n) is 24.2. The molecule has 0 aliphatic carbocycles. The smallest absolute Gasteiger partial charge is 0.434 e. The molecule has 0 aliphatic heterocycles. The Hall–Kier alpha value is -5.83. The van der Waals surface area contributed by atoms with Gasteiger partial charge in [0.25, 0.3) is 0 Å². The minimum absolute atomic E-state index is 0. The van der Waals surface area contributed by atoms with Crippen LogP contribution in [0, 0.1) is 0 Å². The van der Waals surface area contributed by atoms with E-state index in [-0.39, 0.29) is 20.1 Å². The molecule has 0 bridgehead atoms. The SMILES string of the molecule is [Ir+3].c1ccc(-c2nc3ccccc3[n-]2)nc1.c1ccc(-c2nc3ccccc3[n-]2)nc1.c1ccc(-c2nc3ccccc3[n-]2)nc1. The fourth-order valence-electron chi connectivity index (χ4n) is 4.55. The van der Waals surface area contributed by atoms with Crippen molar-refractivity contribution in [2.24, 2.45) is 0 Å². The van der Waals surface area contributed by atoms with Crippen molar-refractivity contribution in [2.75, 3.05) is 0 Å². The van der Waals surface area contributed by atoms with E-state index in [1.807, 2.05) is 127 Å². The maximum Gasteiger partial charge on any atom is 3.00 e. The molecule has 0 fully saturated rings. The predicted octanol–water partition coefficient (Wildman–Crippen LogP) is 6.76. The van der Waals surface area contributed by atoms with Crippen LogP contribution in [-0.2, 0) is 20.1 Å². The van der Waals surface area contributed by atoms with E-state index in [1.165, 1.54) is 0 Å². The Kier molecular flexibility index (Phi) is 9.39. The molecule has 0 unspecified atom stereocenters. The Labute approximate surface area is 277 Å². The summed E-state index contributed by atoms with van der Waals surface area (Å²) in [4.78, 5) is 39.1. The maximum absolute atomic E-state index is 4.41. The molecule has 0 aliphatic rings. The fraction of sp³-hybridized carbons (Fsp3) is 0. The van der Waals surface area contributed by atoms with Gasteiger partial charge in [-0.15, -0.1) is 0 Å². The summed E-state index contributed by atoms with van der Waals surface area (Å²) in [6.45, 7) is 0. The van der Waals surface area contributed by atoms with E-state index in [1.54, 1.807) is 18.6 Å². The van der Waals surface area contributed by atoms with Gasteiger partial charge in [0.15, 0.2) is 0 Å². The van der Waals surface area contributed by atoms with Crippen molar-refractivity contribution in [3.05, 3.63) is 146 Å². The fourth-order valence-corrected chi connectivity index (χ4v) is 4.55. The van der Waals surface area contributed by atoms with Crippen LogP contribution in [0.25, 0.3) is 67.7 Å². The van der Waals surface area contributed by atoms with Gasteiger partial charge in [-0.3, -0.25) is 15.0 Å². The van der Waals surface area contributed by atoms with Crippen molar-refractivity contribution in [3.8, 4) is 34.6 Å². The van der Waals surface area contributed by atoms with Crippen LogP contribution in [0.4, 0.5) is 0 Å². The topological polar surface area (TPSA) is 120 Å². The second kappa shape index (κ2) is 14.3. The van der Waals surface area contributed by atoms with Crippen LogP contribution in [0.2, 0.25) is 0 Å². The van der Waals surface area contributed by atoms with Gasteiger partial charge in [0.2, 0.25) is 0 Å². The van der Waals surface area contributed by atoms with Crippen LogP contribution in [0.1, 0.15) is 0 Å². The number of nitrogens with zero attached hydrogens (tertiary/aromatic N) is 9. The Bertz CT molecular complexity index is 1920. The Balaban J connectivity index is 0.000000120. The first-order valence-corrected chi connectivity index (χ1v) is 14.2. The Morgan fingerprint density at radius 3 is 0.870 bits per heavy atom. The summed E-state index contributed by atoms with van der Waals surface area (Å²) in [6, 6.07) is 40.6. The van der Waals surface area contributed by atoms with E-state index in [0.29, 0.717) is 17.5 Å². The van der Waals surface area contributed by atoms with Crippen molar-refractivity contribution in [2.45, 2.75) is 0 Å². The molecule has 0 N–H and O–H groups in total. The molecule has 0 spiro atoms. The van der Waals surface area contributed by atoms with Gasteiger partial charge in [-0.05, 0) is 87.0 Å². The van der Waals surface area contributed by atoms with Gasteiger partial charge in [0.05, 0.1) is 17.1 Å². The first-order chi connectivity index (χ1) is 22.3. The molecule has 222 valence electrons. The minimum Gasteiger partial charge on any atom is -0.434 e. The summed E-state index contributed by atoms with van der Waals surface area (Å²) >= 11 is 0. The third-order valence-corrected chi connectivity index (χ3v) is 6.69. The number of para-hydroxylation sites is 6. The minimum atomic E-state index is 0. The third-order valence-electron chi connectivity index (χ3n) is 6.69. The predicted molar refractivity (Wildman–Crippen MR) is 175 cm³/mol. The van der Waals surface area contributed by atoms with E-state index in [9.17, 15) is 0 Å². The summed E-state index contributed by atoms with van der Waals surface area (Å²) in [5, 5.41) is 0. The Morgan fingerprint density at radius 1 is 0.326 bits per heavy atom. The summed E-state index contributed by atoms with van der Waals surface area (Å²) in [6.07, 6.45) is 5.24. The number of pyridine rings is 3. The third kappa shape index (κ3) is 6.94. The van der Waals surface area contributed by atoms with Crippen molar-refractivity contribution < 1.29 is 20.1 Å². The van der Waals surface area contributed by atoms with E-state index in [0.717, 1.165) is 50.2 Å². The van der Waals surface area contributed by atoms with Crippen LogP contribution in [0.3, 0.4) is 0 Å². The number of hydrogen-bond acceptors (Lipinski definition) is 6. The van der Waals surface area contributed by atoms with Crippen molar-refractivity contribution in [3.63, 3.8) is 0 Å². The van der Waals surface area contributed by atoms with Gasteiger partial charge in [-0.2, -0.15) is 0 Å². The zero-order valence-corrected chi connectivity index (χ0v) is 26.6. The van der Waals surface area contributed by atoms with E-state index in [2.05, 4.69) is 44.9 Å². The van der Waals surface area contributed by atoms with Gasteiger partial charge in [-0.25, -0.2) is 0 Å². The molecule has 10 heteroatoms. The number of rotatable bonds is 3. The van der Waals surface area contributed by atoms with Gasteiger partial charge < -0.3 is 29.9 Å². The van der Waals surface area contributed by atoms with E-state index < -0.39 is 0 Å². The molecule has 3 aromatic carbocycles. The van der Waals surface area contributed by atoms with Crippen LogP contribution >= 0.6 is 0 Å². The van der Waals surface area contributed by atoms with Crippen molar-refractivity contribution in [1.82, 2.24) is 44.9 Å². The summed E-state index contributed by atoms with van der Waals surface area (Å²) < 4.78 is 0. The van der Waals surface area contributed by atoms with Crippen LogP contribution in [0.15, 0.2) is 146 Å². The van der Waals surface area contributed by atoms with Crippen molar-refractivity contribution >= 4 is 33.1 Å². The number of hydrogen-bond donors (Lipinski definition) is 0. The maximum atomic E-state index is 4.41. The molecule has 9 aromatic rings. The molecule has 0 amide bonds. The number of imidazole rings is 3. The standard InChI is InChI=1S/3C12H8N3.Ir/c3*1-2-6-10-9(5-1)14-12(15-10)11-7-3-4-8-13-11;/h3*1-8H;/q3*-1;+3. The number of benzene rings is 3. The quantitative estimate of drug-likeness (QED) is 0.192. The second-order valence-electron chi connectivity index (χ2n) is 9.75. The monoisotopic (exact) mass is 775 g/mol.